The second-order valence-electron chi connectivity index (χ2n) is 4.69. The van der Waals surface area contributed by atoms with Gasteiger partial charge in [0.2, 0.25) is 0 Å². The SMILES string of the molecule is c1cnc(-n2cncn2)c(NC2CCCCC2)c1. The minimum Gasteiger partial charge on any atom is -0.379 e. The Morgan fingerprint density at radius 1 is 1.22 bits per heavy atom. The fourth-order valence-corrected chi connectivity index (χ4v) is 2.48. The van der Waals surface area contributed by atoms with Crippen LogP contribution in [0.25, 0.3) is 5.82 Å². The molecule has 1 aliphatic carbocycles. The van der Waals surface area contributed by atoms with Crippen molar-refractivity contribution < 1.29 is 0 Å². The second-order valence-corrected chi connectivity index (χ2v) is 4.69. The molecule has 0 amide bonds. The van der Waals surface area contributed by atoms with Gasteiger partial charge < -0.3 is 5.32 Å². The van der Waals surface area contributed by atoms with Gasteiger partial charge >= 0.3 is 0 Å². The Morgan fingerprint density at radius 2 is 2.11 bits per heavy atom. The summed E-state index contributed by atoms with van der Waals surface area (Å²) in [5.74, 6) is 0.820. The average Bonchev–Trinajstić information content (AvgIpc) is 2.94. The standard InChI is InChI=1S/C13H17N5/c1-2-5-11(6-3-1)17-12-7-4-8-15-13(12)18-10-14-9-16-18/h4,7-11,17H,1-3,5-6H2. The summed E-state index contributed by atoms with van der Waals surface area (Å²) in [5, 5.41) is 7.73. The number of anilines is 1. The Bertz CT molecular complexity index is 488. The van der Waals surface area contributed by atoms with Crippen LogP contribution in [0.15, 0.2) is 31.0 Å². The number of hydrogen-bond donors (Lipinski definition) is 1. The average molecular weight is 243 g/mol. The van der Waals surface area contributed by atoms with Crippen molar-refractivity contribution >= 4 is 5.69 Å². The molecule has 0 spiro atoms. The van der Waals surface area contributed by atoms with Crippen molar-refractivity contribution in [2.45, 2.75) is 38.1 Å². The molecule has 2 aromatic rings. The highest BCUT2D eigenvalue weighted by atomic mass is 15.3. The molecule has 0 saturated heterocycles. The van der Waals surface area contributed by atoms with E-state index in [4.69, 9.17) is 0 Å². The molecule has 1 fully saturated rings. The van der Waals surface area contributed by atoms with Gasteiger partial charge in [0, 0.05) is 12.2 Å². The second kappa shape index (κ2) is 5.16. The molecule has 1 saturated carbocycles. The first-order valence-corrected chi connectivity index (χ1v) is 6.50. The van der Waals surface area contributed by atoms with Crippen LogP contribution in [0.3, 0.4) is 0 Å². The van der Waals surface area contributed by atoms with Gasteiger partial charge in [0.1, 0.15) is 12.7 Å². The highest BCUT2D eigenvalue weighted by molar-refractivity contribution is 5.56. The van der Waals surface area contributed by atoms with Gasteiger partial charge in [-0.1, -0.05) is 19.3 Å². The summed E-state index contributed by atoms with van der Waals surface area (Å²) in [7, 11) is 0. The van der Waals surface area contributed by atoms with Crippen LogP contribution in [0.1, 0.15) is 32.1 Å². The molecule has 2 aromatic heterocycles. The molecule has 5 heteroatoms. The lowest BCUT2D eigenvalue weighted by molar-refractivity contribution is 0.462. The maximum Gasteiger partial charge on any atom is 0.178 e. The minimum absolute atomic E-state index is 0.560. The quantitative estimate of drug-likeness (QED) is 0.899. The van der Waals surface area contributed by atoms with E-state index in [1.54, 1.807) is 17.2 Å². The van der Waals surface area contributed by atoms with E-state index in [0.717, 1.165) is 11.5 Å². The number of aromatic nitrogens is 4. The Balaban J connectivity index is 1.83. The number of pyridine rings is 1. The van der Waals surface area contributed by atoms with Crippen LogP contribution >= 0.6 is 0 Å². The molecule has 0 radical (unpaired) electrons. The maximum atomic E-state index is 4.38. The van der Waals surface area contributed by atoms with E-state index in [9.17, 15) is 0 Å². The highest BCUT2D eigenvalue weighted by Crippen LogP contribution is 2.24. The molecule has 0 bridgehead atoms. The predicted octanol–water partition coefficient (Wildman–Crippen LogP) is 2.41. The summed E-state index contributed by atoms with van der Waals surface area (Å²) >= 11 is 0. The van der Waals surface area contributed by atoms with Crippen molar-refractivity contribution in [2.75, 3.05) is 5.32 Å². The molecular weight excluding hydrogens is 226 g/mol. The van der Waals surface area contributed by atoms with Gasteiger partial charge in [-0.3, -0.25) is 0 Å². The Kier molecular flexibility index (Phi) is 3.21. The largest absolute Gasteiger partial charge is 0.379 e. The minimum atomic E-state index is 0.560. The monoisotopic (exact) mass is 243 g/mol. The van der Waals surface area contributed by atoms with Crippen molar-refractivity contribution in [3.05, 3.63) is 31.0 Å². The van der Waals surface area contributed by atoms with Gasteiger partial charge in [0.05, 0.1) is 5.69 Å². The maximum absolute atomic E-state index is 4.38. The first-order chi connectivity index (χ1) is 8.93. The lowest BCUT2D eigenvalue weighted by Crippen LogP contribution is -2.23. The van der Waals surface area contributed by atoms with Crippen molar-refractivity contribution in [1.82, 2.24) is 19.7 Å². The molecule has 94 valence electrons. The Labute approximate surface area is 106 Å². The van der Waals surface area contributed by atoms with Gasteiger partial charge in [-0.15, -0.1) is 0 Å². The van der Waals surface area contributed by atoms with Gasteiger partial charge in [0.15, 0.2) is 5.82 Å². The lowest BCUT2D eigenvalue weighted by Gasteiger charge is -2.24. The van der Waals surface area contributed by atoms with Crippen LogP contribution in [0, 0.1) is 0 Å². The molecule has 0 aliphatic heterocycles. The number of nitrogens with one attached hydrogen (secondary N) is 1. The smallest absolute Gasteiger partial charge is 0.178 e. The summed E-state index contributed by atoms with van der Waals surface area (Å²) in [5.41, 5.74) is 1.04. The van der Waals surface area contributed by atoms with Crippen LogP contribution in [0.4, 0.5) is 5.69 Å². The molecule has 18 heavy (non-hydrogen) atoms. The lowest BCUT2D eigenvalue weighted by atomic mass is 9.95. The summed E-state index contributed by atoms with van der Waals surface area (Å²) in [6, 6.07) is 4.56. The summed E-state index contributed by atoms with van der Waals surface area (Å²) in [6.45, 7) is 0. The molecule has 0 unspecified atom stereocenters. The van der Waals surface area contributed by atoms with Crippen LogP contribution < -0.4 is 5.32 Å². The molecule has 2 heterocycles. The summed E-state index contributed by atoms with van der Waals surface area (Å²) < 4.78 is 1.70. The summed E-state index contributed by atoms with van der Waals surface area (Å²) in [4.78, 5) is 8.36. The van der Waals surface area contributed by atoms with E-state index < -0.39 is 0 Å². The third-order valence-corrected chi connectivity index (χ3v) is 3.39. The van der Waals surface area contributed by atoms with E-state index in [1.807, 2.05) is 6.07 Å². The fourth-order valence-electron chi connectivity index (χ4n) is 2.48. The van der Waals surface area contributed by atoms with E-state index in [2.05, 4.69) is 26.4 Å². The molecule has 5 nitrogen and oxygen atoms in total. The van der Waals surface area contributed by atoms with Crippen LogP contribution in [-0.4, -0.2) is 25.8 Å². The third-order valence-electron chi connectivity index (χ3n) is 3.39. The zero-order chi connectivity index (χ0) is 12.2. The normalized spacial score (nSPS) is 16.7. The number of nitrogens with zero attached hydrogens (tertiary/aromatic N) is 4. The Morgan fingerprint density at radius 3 is 2.89 bits per heavy atom. The number of hydrogen-bond acceptors (Lipinski definition) is 4. The van der Waals surface area contributed by atoms with Gasteiger partial charge in [-0.25, -0.2) is 14.6 Å². The molecule has 0 aromatic carbocycles. The highest BCUT2D eigenvalue weighted by Gasteiger charge is 2.15. The van der Waals surface area contributed by atoms with Crippen LogP contribution in [0.5, 0.6) is 0 Å². The topological polar surface area (TPSA) is 55.6 Å². The van der Waals surface area contributed by atoms with Crippen molar-refractivity contribution in [3.63, 3.8) is 0 Å². The van der Waals surface area contributed by atoms with Gasteiger partial charge in [-0.2, -0.15) is 5.10 Å². The molecule has 0 atom stereocenters. The van der Waals surface area contributed by atoms with Crippen molar-refractivity contribution in [2.24, 2.45) is 0 Å². The molecule has 1 N–H and O–H groups in total. The van der Waals surface area contributed by atoms with Crippen molar-refractivity contribution in [1.29, 1.82) is 0 Å². The molecule has 1 aliphatic rings. The van der Waals surface area contributed by atoms with Gasteiger partial charge in [-0.05, 0) is 25.0 Å². The van der Waals surface area contributed by atoms with Gasteiger partial charge in [0.25, 0.3) is 0 Å². The van der Waals surface area contributed by atoms with Crippen LogP contribution in [0.2, 0.25) is 0 Å². The summed E-state index contributed by atoms with van der Waals surface area (Å²) in [6.07, 6.45) is 11.5. The molecular formula is C13H17N5. The van der Waals surface area contributed by atoms with Crippen molar-refractivity contribution in [3.8, 4) is 5.82 Å². The zero-order valence-electron chi connectivity index (χ0n) is 10.3. The molecule has 3 rings (SSSR count). The fraction of sp³-hybridized carbons (Fsp3) is 0.462. The van der Waals surface area contributed by atoms with Crippen LogP contribution in [-0.2, 0) is 0 Å². The predicted molar refractivity (Wildman–Crippen MR) is 69.6 cm³/mol. The van der Waals surface area contributed by atoms with E-state index in [0.29, 0.717) is 6.04 Å². The van der Waals surface area contributed by atoms with E-state index in [1.165, 1.54) is 38.4 Å². The first-order valence-electron chi connectivity index (χ1n) is 6.50. The zero-order valence-corrected chi connectivity index (χ0v) is 10.3. The van der Waals surface area contributed by atoms with E-state index in [-0.39, 0.29) is 0 Å². The first kappa shape index (κ1) is 11.2. The third kappa shape index (κ3) is 2.34. The number of rotatable bonds is 3. The van der Waals surface area contributed by atoms with E-state index >= 15 is 0 Å². The Hall–Kier alpha value is -1.91.